The zero-order valence-electron chi connectivity index (χ0n) is 16.2. The molecule has 1 aromatic heterocycles. The number of carbonyl (C=O) groups excluding carboxylic acids is 1. The molecule has 4 aromatic rings. The maximum Gasteiger partial charge on any atom is 0.237 e. The van der Waals surface area contributed by atoms with Gasteiger partial charge in [0.05, 0.1) is 5.25 Å². The second-order valence-electron chi connectivity index (χ2n) is 6.70. The molecule has 1 unspecified atom stereocenters. The number of rotatable bonds is 6. The lowest BCUT2D eigenvalue weighted by molar-refractivity contribution is -0.115. The zero-order valence-corrected chi connectivity index (χ0v) is 17.0. The van der Waals surface area contributed by atoms with Gasteiger partial charge in [-0.05, 0) is 53.6 Å². The Morgan fingerprint density at radius 1 is 1.07 bits per heavy atom. The SMILES string of the molecule is CC(Sc1n[nH]c(/C=C/c2ccc(F)cc2)n1)C(=O)Nc1ccc2ccccc2c1. The number of carbonyl (C=O) groups is 1. The molecule has 1 atom stereocenters. The quantitative estimate of drug-likeness (QED) is 0.412. The molecule has 1 amide bonds. The van der Waals surface area contributed by atoms with Crippen molar-refractivity contribution in [3.63, 3.8) is 0 Å². The summed E-state index contributed by atoms with van der Waals surface area (Å²) in [6, 6.07) is 20.0. The third-order valence-corrected chi connectivity index (χ3v) is 5.42. The number of amides is 1. The predicted molar refractivity (Wildman–Crippen MR) is 120 cm³/mol. The zero-order chi connectivity index (χ0) is 20.9. The minimum absolute atomic E-state index is 0.122. The van der Waals surface area contributed by atoms with Crippen molar-refractivity contribution in [1.29, 1.82) is 0 Å². The lowest BCUT2D eigenvalue weighted by Crippen LogP contribution is -2.22. The summed E-state index contributed by atoms with van der Waals surface area (Å²) in [4.78, 5) is 16.9. The van der Waals surface area contributed by atoms with Crippen LogP contribution in [0.4, 0.5) is 10.1 Å². The Morgan fingerprint density at radius 2 is 1.83 bits per heavy atom. The van der Waals surface area contributed by atoms with E-state index in [2.05, 4.69) is 20.5 Å². The van der Waals surface area contributed by atoms with Crippen LogP contribution in [-0.2, 0) is 4.79 Å². The predicted octanol–water partition coefficient (Wildman–Crippen LogP) is 5.39. The number of aromatic amines is 1. The van der Waals surface area contributed by atoms with Gasteiger partial charge in [0.2, 0.25) is 11.1 Å². The highest BCUT2D eigenvalue weighted by atomic mass is 32.2. The number of hydrogen-bond donors (Lipinski definition) is 2. The fourth-order valence-corrected chi connectivity index (χ4v) is 3.59. The Hall–Kier alpha value is -3.45. The van der Waals surface area contributed by atoms with E-state index in [-0.39, 0.29) is 17.0 Å². The number of hydrogen-bond acceptors (Lipinski definition) is 4. The van der Waals surface area contributed by atoms with Crippen LogP contribution >= 0.6 is 11.8 Å². The van der Waals surface area contributed by atoms with E-state index < -0.39 is 0 Å². The summed E-state index contributed by atoms with van der Waals surface area (Å²) >= 11 is 1.27. The van der Waals surface area contributed by atoms with Gasteiger partial charge in [-0.15, -0.1) is 5.10 Å². The molecule has 0 saturated carbocycles. The van der Waals surface area contributed by atoms with Gasteiger partial charge in [-0.3, -0.25) is 9.89 Å². The third-order valence-electron chi connectivity index (χ3n) is 4.45. The molecule has 4 rings (SSSR count). The van der Waals surface area contributed by atoms with Gasteiger partial charge < -0.3 is 5.32 Å². The molecular formula is C23H19FN4OS. The van der Waals surface area contributed by atoms with Crippen molar-refractivity contribution in [3.8, 4) is 0 Å². The molecule has 0 radical (unpaired) electrons. The van der Waals surface area contributed by atoms with Gasteiger partial charge in [-0.2, -0.15) is 0 Å². The Kier molecular flexibility index (Phi) is 5.90. The average molecular weight is 418 g/mol. The van der Waals surface area contributed by atoms with Crippen LogP contribution in [0.1, 0.15) is 18.3 Å². The summed E-state index contributed by atoms with van der Waals surface area (Å²) in [5, 5.41) is 12.2. The average Bonchev–Trinajstić information content (AvgIpc) is 3.20. The fraction of sp³-hybridized carbons (Fsp3) is 0.0870. The molecule has 150 valence electrons. The highest BCUT2D eigenvalue weighted by molar-refractivity contribution is 8.00. The van der Waals surface area contributed by atoms with E-state index in [1.54, 1.807) is 18.2 Å². The van der Waals surface area contributed by atoms with E-state index in [1.165, 1.54) is 23.9 Å². The summed E-state index contributed by atoms with van der Waals surface area (Å²) in [5.41, 5.74) is 1.61. The topological polar surface area (TPSA) is 70.7 Å². The Labute approximate surface area is 177 Å². The van der Waals surface area contributed by atoms with E-state index >= 15 is 0 Å². The molecule has 0 saturated heterocycles. The van der Waals surface area contributed by atoms with Gasteiger partial charge in [-0.1, -0.05) is 60.3 Å². The van der Waals surface area contributed by atoms with Crippen LogP contribution in [0.5, 0.6) is 0 Å². The number of halogens is 1. The molecule has 0 aliphatic rings. The summed E-state index contributed by atoms with van der Waals surface area (Å²) < 4.78 is 13.0. The number of nitrogens with zero attached hydrogens (tertiary/aromatic N) is 2. The van der Waals surface area contributed by atoms with E-state index in [0.29, 0.717) is 11.0 Å². The maximum atomic E-state index is 13.0. The normalized spacial score (nSPS) is 12.3. The monoisotopic (exact) mass is 418 g/mol. The van der Waals surface area contributed by atoms with Crippen molar-refractivity contribution in [2.75, 3.05) is 5.32 Å². The number of benzene rings is 3. The van der Waals surface area contributed by atoms with Gasteiger partial charge >= 0.3 is 0 Å². The number of H-pyrrole nitrogens is 1. The second kappa shape index (κ2) is 8.92. The number of fused-ring (bicyclic) bond motifs is 1. The lowest BCUT2D eigenvalue weighted by atomic mass is 10.1. The van der Waals surface area contributed by atoms with Crippen LogP contribution < -0.4 is 5.32 Å². The van der Waals surface area contributed by atoms with Crippen LogP contribution in [0.3, 0.4) is 0 Å². The van der Waals surface area contributed by atoms with E-state index in [1.807, 2.05) is 55.5 Å². The smallest absolute Gasteiger partial charge is 0.237 e. The van der Waals surface area contributed by atoms with Gasteiger partial charge in [0.1, 0.15) is 11.6 Å². The van der Waals surface area contributed by atoms with Crippen LogP contribution in [0.2, 0.25) is 0 Å². The van der Waals surface area contributed by atoms with E-state index in [0.717, 1.165) is 22.0 Å². The Bertz CT molecular complexity index is 1200. The van der Waals surface area contributed by atoms with Crippen molar-refractivity contribution in [2.45, 2.75) is 17.3 Å². The second-order valence-corrected chi connectivity index (χ2v) is 8.01. The minimum atomic E-state index is -0.374. The van der Waals surface area contributed by atoms with Crippen molar-refractivity contribution in [3.05, 3.63) is 83.9 Å². The van der Waals surface area contributed by atoms with Crippen LogP contribution in [0.15, 0.2) is 71.9 Å². The molecule has 0 fully saturated rings. The summed E-state index contributed by atoms with van der Waals surface area (Å²) in [6.07, 6.45) is 3.56. The first-order valence-corrected chi connectivity index (χ1v) is 10.3. The van der Waals surface area contributed by atoms with Gasteiger partial charge in [0.25, 0.3) is 0 Å². The largest absolute Gasteiger partial charge is 0.325 e. The maximum absolute atomic E-state index is 13.0. The van der Waals surface area contributed by atoms with Crippen LogP contribution in [0, 0.1) is 5.82 Å². The Morgan fingerprint density at radius 3 is 2.63 bits per heavy atom. The molecule has 7 heteroatoms. The molecule has 0 aliphatic carbocycles. The first kappa shape index (κ1) is 19.8. The number of aromatic nitrogens is 3. The molecule has 0 bridgehead atoms. The molecule has 1 heterocycles. The summed E-state index contributed by atoms with van der Waals surface area (Å²) in [5.74, 6) is 0.161. The van der Waals surface area contributed by atoms with Gasteiger partial charge in [0, 0.05) is 5.69 Å². The van der Waals surface area contributed by atoms with Crippen molar-refractivity contribution < 1.29 is 9.18 Å². The van der Waals surface area contributed by atoms with Crippen molar-refractivity contribution in [1.82, 2.24) is 15.2 Å². The first-order chi connectivity index (χ1) is 14.6. The van der Waals surface area contributed by atoms with Crippen molar-refractivity contribution in [2.24, 2.45) is 0 Å². The van der Waals surface area contributed by atoms with Crippen LogP contribution in [0.25, 0.3) is 22.9 Å². The lowest BCUT2D eigenvalue weighted by Gasteiger charge is -2.10. The molecule has 30 heavy (non-hydrogen) atoms. The number of thioether (sulfide) groups is 1. The van der Waals surface area contributed by atoms with Gasteiger partial charge in [0.15, 0.2) is 0 Å². The van der Waals surface area contributed by atoms with Crippen LogP contribution in [-0.4, -0.2) is 26.3 Å². The minimum Gasteiger partial charge on any atom is -0.325 e. The van der Waals surface area contributed by atoms with E-state index in [9.17, 15) is 9.18 Å². The third kappa shape index (κ3) is 4.93. The highest BCUT2D eigenvalue weighted by Gasteiger charge is 2.17. The molecular weight excluding hydrogens is 399 g/mol. The summed E-state index contributed by atoms with van der Waals surface area (Å²) in [7, 11) is 0. The Balaban J connectivity index is 1.36. The number of anilines is 1. The summed E-state index contributed by atoms with van der Waals surface area (Å²) in [6.45, 7) is 1.81. The molecule has 5 nitrogen and oxygen atoms in total. The highest BCUT2D eigenvalue weighted by Crippen LogP contribution is 2.23. The standard InChI is InChI=1S/C23H19FN4OS/c1-15(22(29)25-20-12-9-17-4-2-3-5-18(17)14-20)30-23-26-21(27-28-23)13-8-16-6-10-19(24)11-7-16/h2-15H,1H3,(H,25,29)(H,26,27,28)/b13-8+. The van der Waals surface area contributed by atoms with Crippen molar-refractivity contribution >= 4 is 46.3 Å². The van der Waals surface area contributed by atoms with E-state index in [4.69, 9.17) is 0 Å². The molecule has 0 spiro atoms. The molecule has 3 aromatic carbocycles. The molecule has 2 N–H and O–H groups in total. The number of nitrogens with one attached hydrogen (secondary N) is 2. The van der Waals surface area contributed by atoms with Gasteiger partial charge in [-0.25, -0.2) is 9.37 Å². The fourth-order valence-electron chi connectivity index (χ4n) is 2.86. The molecule has 0 aliphatic heterocycles. The first-order valence-electron chi connectivity index (χ1n) is 9.39.